The van der Waals surface area contributed by atoms with Gasteiger partial charge in [0.1, 0.15) is 5.82 Å². The molecule has 3 rings (SSSR count). The van der Waals surface area contributed by atoms with Gasteiger partial charge >= 0.3 is 0 Å². The molecular weight excluding hydrogens is 256 g/mol. The normalized spacial score (nSPS) is 12.9. The number of aryl methyl sites for hydroxylation is 1. The van der Waals surface area contributed by atoms with Crippen molar-refractivity contribution >= 4 is 21.4 Å². The Labute approximate surface area is 116 Å². The molecule has 0 saturated heterocycles. The van der Waals surface area contributed by atoms with Crippen molar-refractivity contribution in [1.82, 2.24) is 9.55 Å². The number of aliphatic hydroxyl groups is 1. The van der Waals surface area contributed by atoms with Gasteiger partial charge in [0.25, 0.3) is 0 Å². The Balaban J connectivity index is 1.85. The number of thiophene rings is 1. The zero-order chi connectivity index (χ0) is 13.2. The van der Waals surface area contributed by atoms with E-state index in [1.165, 1.54) is 10.1 Å². The maximum absolute atomic E-state index is 10.4. The minimum atomic E-state index is -0.481. The lowest BCUT2D eigenvalue weighted by Gasteiger charge is -2.09. The molecule has 0 amide bonds. The molecule has 4 heteroatoms. The highest BCUT2D eigenvalue weighted by Crippen LogP contribution is 2.31. The molecule has 3 nitrogen and oxygen atoms in total. The van der Waals surface area contributed by atoms with Crippen LogP contribution in [-0.4, -0.2) is 14.7 Å². The van der Waals surface area contributed by atoms with Crippen LogP contribution in [0.25, 0.3) is 10.1 Å². The van der Waals surface area contributed by atoms with Gasteiger partial charge in [-0.2, -0.15) is 0 Å². The first-order valence-corrected chi connectivity index (χ1v) is 7.26. The summed E-state index contributed by atoms with van der Waals surface area (Å²) in [5.41, 5.74) is 0. The number of rotatable bonds is 4. The second-order valence-electron chi connectivity index (χ2n) is 4.54. The molecule has 0 aliphatic rings. The van der Waals surface area contributed by atoms with Crippen LogP contribution in [0.15, 0.2) is 42.7 Å². The molecule has 2 aromatic heterocycles. The fraction of sp³-hybridized carbons (Fsp3) is 0.267. The lowest BCUT2D eigenvalue weighted by Crippen LogP contribution is -2.07. The largest absolute Gasteiger partial charge is 0.387 e. The van der Waals surface area contributed by atoms with E-state index in [1.54, 1.807) is 17.5 Å². The van der Waals surface area contributed by atoms with E-state index < -0.39 is 6.10 Å². The molecule has 3 aromatic rings. The van der Waals surface area contributed by atoms with E-state index in [4.69, 9.17) is 0 Å². The Bertz CT molecular complexity index is 653. The molecule has 0 aliphatic carbocycles. The number of benzene rings is 1. The number of aliphatic hydroxyl groups excluding tert-OH is 1. The number of fused-ring (bicyclic) bond motifs is 1. The molecule has 19 heavy (non-hydrogen) atoms. The van der Waals surface area contributed by atoms with Gasteiger partial charge in [0.15, 0.2) is 0 Å². The van der Waals surface area contributed by atoms with E-state index >= 15 is 0 Å². The van der Waals surface area contributed by atoms with E-state index in [0.29, 0.717) is 6.42 Å². The van der Waals surface area contributed by atoms with Crippen molar-refractivity contribution in [3.8, 4) is 0 Å². The fourth-order valence-corrected chi connectivity index (χ4v) is 3.31. The summed E-state index contributed by atoms with van der Waals surface area (Å²) in [6.45, 7) is 2.96. The van der Waals surface area contributed by atoms with Crippen molar-refractivity contribution in [2.24, 2.45) is 0 Å². The van der Waals surface area contributed by atoms with Gasteiger partial charge in [0.05, 0.1) is 6.10 Å². The third-order valence-corrected chi connectivity index (χ3v) is 4.51. The highest BCUT2D eigenvalue weighted by Gasteiger charge is 2.14. The minimum absolute atomic E-state index is 0.481. The van der Waals surface area contributed by atoms with Crippen LogP contribution in [0.2, 0.25) is 0 Å². The topological polar surface area (TPSA) is 38.0 Å². The lowest BCUT2D eigenvalue weighted by molar-refractivity contribution is 0.178. The summed E-state index contributed by atoms with van der Waals surface area (Å²) in [7, 11) is 0. The summed E-state index contributed by atoms with van der Waals surface area (Å²) in [5.74, 6) is 0.937. The zero-order valence-corrected chi connectivity index (χ0v) is 11.6. The average molecular weight is 272 g/mol. The summed E-state index contributed by atoms with van der Waals surface area (Å²) in [6, 6.07) is 10.3. The van der Waals surface area contributed by atoms with Crippen molar-refractivity contribution in [3.63, 3.8) is 0 Å². The van der Waals surface area contributed by atoms with Gasteiger partial charge < -0.3 is 9.67 Å². The summed E-state index contributed by atoms with van der Waals surface area (Å²) in [5, 5.41) is 11.6. The third kappa shape index (κ3) is 2.41. The highest BCUT2D eigenvalue weighted by molar-refractivity contribution is 7.19. The van der Waals surface area contributed by atoms with Gasteiger partial charge in [-0.05, 0) is 24.4 Å². The predicted octanol–water partition coefficient (Wildman–Crippen LogP) is 3.39. The Morgan fingerprint density at radius 1 is 1.37 bits per heavy atom. The molecule has 0 saturated carbocycles. The van der Waals surface area contributed by atoms with Crippen LogP contribution in [0.5, 0.6) is 0 Å². The monoisotopic (exact) mass is 272 g/mol. The number of hydrogen-bond acceptors (Lipinski definition) is 3. The molecule has 1 N–H and O–H groups in total. The Hall–Kier alpha value is -1.65. The highest BCUT2D eigenvalue weighted by atomic mass is 32.1. The zero-order valence-electron chi connectivity index (χ0n) is 10.8. The molecular formula is C15H16N2OS. The predicted molar refractivity (Wildman–Crippen MR) is 78.4 cm³/mol. The Morgan fingerprint density at radius 2 is 2.21 bits per heavy atom. The maximum Gasteiger partial charge on any atom is 0.111 e. The smallest absolute Gasteiger partial charge is 0.111 e. The molecule has 0 fully saturated rings. The van der Waals surface area contributed by atoms with E-state index in [1.807, 2.05) is 18.3 Å². The third-order valence-electron chi connectivity index (χ3n) is 3.29. The van der Waals surface area contributed by atoms with Crippen molar-refractivity contribution in [2.75, 3.05) is 0 Å². The first-order valence-electron chi connectivity index (χ1n) is 6.44. The van der Waals surface area contributed by atoms with Crippen LogP contribution >= 0.6 is 11.3 Å². The maximum atomic E-state index is 10.4. The summed E-state index contributed by atoms with van der Waals surface area (Å²) < 4.78 is 3.28. The van der Waals surface area contributed by atoms with Gasteiger partial charge in [0, 0.05) is 34.9 Å². The van der Waals surface area contributed by atoms with Gasteiger partial charge in [0.2, 0.25) is 0 Å². The number of imidazole rings is 1. The second kappa shape index (κ2) is 5.15. The van der Waals surface area contributed by atoms with Crippen molar-refractivity contribution in [2.45, 2.75) is 26.0 Å². The van der Waals surface area contributed by atoms with E-state index in [-0.39, 0.29) is 0 Å². The minimum Gasteiger partial charge on any atom is -0.387 e. The molecule has 1 atom stereocenters. The first-order chi connectivity index (χ1) is 9.28. The summed E-state index contributed by atoms with van der Waals surface area (Å²) in [6.07, 6.45) is 3.82. The molecule has 2 heterocycles. The van der Waals surface area contributed by atoms with E-state index in [9.17, 15) is 5.11 Å². The molecule has 98 valence electrons. The molecule has 0 bridgehead atoms. The first kappa shape index (κ1) is 12.4. The number of nitrogens with zero attached hydrogens (tertiary/aromatic N) is 2. The van der Waals surface area contributed by atoms with E-state index in [0.717, 1.165) is 17.2 Å². The van der Waals surface area contributed by atoms with Gasteiger partial charge in [-0.25, -0.2) is 4.98 Å². The van der Waals surface area contributed by atoms with Crippen LogP contribution in [0, 0.1) is 0 Å². The SMILES string of the molecule is CCn1ccnc1CC(O)c1cc2ccccc2s1. The van der Waals surface area contributed by atoms with Gasteiger partial charge in [-0.3, -0.25) is 0 Å². The number of hydrogen-bond donors (Lipinski definition) is 1. The second-order valence-corrected chi connectivity index (χ2v) is 5.65. The van der Waals surface area contributed by atoms with Gasteiger partial charge in [-0.15, -0.1) is 11.3 Å². The van der Waals surface area contributed by atoms with Gasteiger partial charge in [-0.1, -0.05) is 18.2 Å². The van der Waals surface area contributed by atoms with Crippen LogP contribution in [0.4, 0.5) is 0 Å². The van der Waals surface area contributed by atoms with Crippen LogP contribution in [-0.2, 0) is 13.0 Å². The Kier molecular flexibility index (Phi) is 3.36. The molecule has 0 aliphatic heterocycles. The van der Waals surface area contributed by atoms with Crippen LogP contribution in [0.3, 0.4) is 0 Å². The van der Waals surface area contributed by atoms with E-state index in [2.05, 4.69) is 34.7 Å². The molecule has 0 spiro atoms. The van der Waals surface area contributed by atoms with Crippen LogP contribution in [0.1, 0.15) is 23.7 Å². The fourth-order valence-electron chi connectivity index (χ4n) is 2.26. The quantitative estimate of drug-likeness (QED) is 0.790. The number of aromatic nitrogens is 2. The summed E-state index contributed by atoms with van der Waals surface area (Å²) in [4.78, 5) is 5.32. The van der Waals surface area contributed by atoms with Crippen molar-refractivity contribution in [3.05, 3.63) is 53.4 Å². The Morgan fingerprint density at radius 3 is 3.00 bits per heavy atom. The van der Waals surface area contributed by atoms with Crippen molar-refractivity contribution < 1.29 is 5.11 Å². The average Bonchev–Trinajstić information content (AvgIpc) is 3.03. The standard InChI is InChI=1S/C15H16N2OS/c1-2-17-8-7-16-15(17)10-12(18)14-9-11-5-3-4-6-13(11)19-14/h3-9,12,18H,2,10H2,1H3. The molecule has 1 unspecified atom stereocenters. The lowest BCUT2D eigenvalue weighted by atomic mass is 10.2. The molecule has 1 aromatic carbocycles. The molecule has 0 radical (unpaired) electrons. The van der Waals surface area contributed by atoms with Crippen molar-refractivity contribution in [1.29, 1.82) is 0 Å². The summed E-state index contributed by atoms with van der Waals surface area (Å²) >= 11 is 1.65. The van der Waals surface area contributed by atoms with Crippen LogP contribution < -0.4 is 0 Å².